The fourth-order valence-corrected chi connectivity index (χ4v) is 2.69. The van der Waals surface area contributed by atoms with Gasteiger partial charge in [-0.1, -0.05) is 39.0 Å². The highest BCUT2D eigenvalue weighted by atomic mass is 19.4. The van der Waals surface area contributed by atoms with Crippen LogP contribution in [0.15, 0.2) is 24.3 Å². The minimum Gasteiger partial charge on any atom is -0.349 e. The van der Waals surface area contributed by atoms with E-state index in [2.05, 4.69) is 5.32 Å². The number of hydrogen-bond donors (Lipinski definition) is 2. The van der Waals surface area contributed by atoms with Crippen LogP contribution in [0.2, 0.25) is 0 Å². The van der Waals surface area contributed by atoms with Crippen LogP contribution in [0.5, 0.6) is 0 Å². The Kier molecular flexibility index (Phi) is 6.62. The van der Waals surface area contributed by atoms with Crippen molar-refractivity contribution in [2.45, 2.75) is 57.7 Å². The topological polar surface area (TPSA) is 55.1 Å². The van der Waals surface area contributed by atoms with Crippen LogP contribution in [0.1, 0.15) is 57.1 Å². The first kappa shape index (κ1) is 19.5. The molecule has 0 aliphatic carbocycles. The van der Waals surface area contributed by atoms with Crippen molar-refractivity contribution >= 4 is 5.91 Å². The molecular weight excluding hydrogens is 305 g/mol. The third-order valence-corrected chi connectivity index (χ3v) is 4.44. The Morgan fingerprint density at radius 3 is 2.26 bits per heavy atom. The molecule has 1 amide bonds. The van der Waals surface area contributed by atoms with Crippen molar-refractivity contribution in [2.24, 2.45) is 5.73 Å². The van der Waals surface area contributed by atoms with Gasteiger partial charge in [0.15, 0.2) is 0 Å². The van der Waals surface area contributed by atoms with Crippen LogP contribution in [-0.4, -0.2) is 18.0 Å². The molecule has 3 nitrogen and oxygen atoms in total. The van der Waals surface area contributed by atoms with E-state index in [0.717, 1.165) is 6.07 Å². The number of benzene rings is 1. The van der Waals surface area contributed by atoms with Crippen molar-refractivity contribution in [3.05, 3.63) is 35.4 Å². The summed E-state index contributed by atoms with van der Waals surface area (Å²) in [5, 5.41) is 2.89. The van der Waals surface area contributed by atoms with Crippen molar-refractivity contribution in [3.8, 4) is 0 Å². The Labute approximate surface area is 135 Å². The molecule has 0 heterocycles. The van der Waals surface area contributed by atoms with Gasteiger partial charge < -0.3 is 11.1 Å². The summed E-state index contributed by atoms with van der Waals surface area (Å²) >= 11 is 0. The van der Waals surface area contributed by atoms with Crippen LogP contribution in [0.25, 0.3) is 0 Å². The molecule has 130 valence electrons. The number of carbonyl (C=O) groups excluding carboxylic acids is 1. The molecule has 3 N–H and O–H groups in total. The van der Waals surface area contributed by atoms with Crippen LogP contribution >= 0.6 is 0 Å². The standard InChI is InChI=1S/C17H25F3N2O/c1-4-16(5-2,11-21)22-15(23)10-12(3)13-8-6-7-9-14(13)17(18,19)20/h6-9,12H,4-5,10-11,21H2,1-3H3,(H,22,23). The Hall–Kier alpha value is -1.56. The van der Waals surface area contributed by atoms with E-state index in [9.17, 15) is 18.0 Å². The lowest BCUT2D eigenvalue weighted by Crippen LogP contribution is -2.53. The number of rotatable bonds is 7. The van der Waals surface area contributed by atoms with Gasteiger partial charge in [-0.05, 0) is 30.4 Å². The maximum atomic E-state index is 13.1. The average molecular weight is 330 g/mol. The van der Waals surface area contributed by atoms with Crippen LogP contribution in [0, 0.1) is 0 Å². The molecule has 0 saturated heterocycles. The van der Waals surface area contributed by atoms with E-state index in [0.29, 0.717) is 19.4 Å². The Morgan fingerprint density at radius 1 is 1.22 bits per heavy atom. The van der Waals surface area contributed by atoms with Crippen LogP contribution in [0.3, 0.4) is 0 Å². The lowest BCUT2D eigenvalue weighted by molar-refractivity contribution is -0.138. The fourth-order valence-electron chi connectivity index (χ4n) is 2.69. The third-order valence-electron chi connectivity index (χ3n) is 4.44. The van der Waals surface area contributed by atoms with E-state index < -0.39 is 23.2 Å². The molecule has 1 unspecified atom stereocenters. The molecular formula is C17H25F3N2O. The Morgan fingerprint density at radius 2 is 1.78 bits per heavy atom. The maximum Gasteiger partial charge on any atom is 0.416 e. The maximum absolute atomic E-state index is 13.1. The normalized spacial score (nSPS) is 13.7. The summed E-state index contributed by atoms with van der Waals surface area (Å²) in [5.74, 6) is -0.805. The summed E-state index contributed by atoms with van der Waals surface area (Å²) in [6.07, 6.45) is -3.07. The van der Waals surface area contributed by atoms with E-state index >= 15 is 0 Å². The Balaban J connectivity index is 2.89. The molecule has 0 aliphatic heterocycles. The molecule has 1 aromatic carbocycles. The molecule has 0 spiro atoms. The van der Waals surface area contributed by atoms with Crippen molar-refractivity contribution < 1.29 is 18.0 Å². The van der Waals surface area contributed by atoms with Crippen LogP contribution in [0.4, 0.5) is 13.2 Å². The molecule has 23 heavy (non-hydrogen) atoms. The molecule has 0 saturated carbocycles. The summed E-state index contributed by atoms with van der Waals surface area (Å²) in [7, 11) is 0. The van der Waals surface area contributed by atoms with Crippen LogP contribution < -0.4 is 11.1 Å². The molecule has 6 heteroatoms. The minimum absolute atomic E-state index is 0.00512. The van der Waals surface area contributed by atoms with Gasteiger partial charge in [-0.3, -0.25) is 4.79 Å². The minimum atomic E-state index is -4.42. The number of nitrogens with one attached hydrogen (secondary N) is 1. The number of halogens is 3. The average Bonchev–Trinajstić information content (AvgIpc) is 2.52. The van der Waals surface area contributed by atoms with Gasteiger partial charge in [-0.25, -0.2) is 0 Å². The van der Waals surface area contributed by atoms with Gasteiger partial charge in [0.05, 0.1) is 11.1 Å². The number of nitrogens with two attached hydrogens (primary N) is 1. The Bertz CT molecular complexity index is 517. The first-order valence-corrected chi connectivity index (χ1v) is 7.86. The smallest absolute Gasteiger partial charge is 0.349 e. The number of hydrogen-bond acceptors (Lipinski definition) is 2. The van der Waals surface area contributed by atoms with Crippen molar-refractivity contribution in [2.75, 3.05) is 6.54 Å². The second kappa shape index (κ2) is 7.81. The molecule has 0 aliphatic rings. The second-order valence-electron chi connectivity index (χ2n) is 5.93. The summed E-state index contributed by atoms with van der Waals surface area (Å²) in [5.41, 5.74) is 4.71. The van der Waals surface area contributed by atoms with Gasteiger partial charge in [0.2, 0.25) is 5.91 Å². The predicted molar refractivity (Wildman–Crippen MR) is 85.0 cm³/mol. The van der Waals surface area contributed by atoms with Crippen molar-refractivity contribution in [3.63, 3.8) is 0 Å². The predicted octanol–water partition coefficient (Wildman–Crippen LogP) is 3.83. The van der Waals surface area contributed by atoms with Crippen LogP contribution in [-0.2, 0) is 11.0 Å². The quantitative estimate of drug-likeness (QED) is 0.798. The largest absolute Gasteiger partial charge is 0.416 e. The molecule has 0 aromatic heterocycles. The van der Waals surface area contributed by atoms with E-state index in [1.165, 1.54) is 12.1 Å². The zero-order chi connectivity index (χ0) is 17.7. The molecule has 0 radical (unpaired) electrons. The summed E-state index contributed by atoms with van der Waals surface area (Å²) < 4.78 is 39.2. The monoisotopic (exact) mass is 330 g/mol. The highest BCUT2D eigenvalue weighted by Crippen LogP contribution is 2.36. The molecule has 0 bridgehead atoms. The fraction of sp³-hybridized carbons (Fsp3) is 0.588. The lowest BCUT2D eigenvalue weighted by atomic mass is 9.90. The third kappa shape index (κ3) is 4.96. The highest BCUT2D eigenvalue weighted by Gasteiger charge is 2.35. The number of carbonyl (C=O) groups is 1. The SMILES string of the molecule is CCC(CC)(CN)NC(=O)CC(C)c1ccccc1C(F)(F)F. The van der Waals surface area contributed by atoms with Gasteiger partial charge >= 0.3 is 6.18 Å². The molecule has 1 atom stereocenters. The first-order valence-electron chi connectivity index (χ1n) is 7.86. The molecule has 0 fully saturated rings. The summed E-state index contributed by atoms with van der Waals surface area (Å²) in [6, 6.07) is 5.39. The van der Waals surface area contributed by atoms with E-state index in [-0.39, 0.29) is 17.9 Å². The summed E-state index contributed by atoms with van der Waals surface area (Å²) in [4.78, 5) is 12.2. The van der Waals surface area contributed by atoms with E-state index in [4.69, 9.17) is 5.73 Å². The van der Waals surface area contributed by atoms with Crippen molar-refractivity contribution in [1.29, 1.82) is 0 Å². The van der Waals surface area contributed by atoms with Gasteiger partial charge in [0.1, 0.15) is 0 Å². The first-order chi connectivity index (χ1) is 10.7. The second-order valence-corrected chi connectivity index (χ2v) is 5.93. The number of amides is 1. The van der Waals surface area contributed by atoms with Crippen molar-refractivity contribution in [1.82, 2.24) is 5.32 Å². The van der Waals surface area contributed by atoms with Gasteiger partial charge in [0, 0.05) is 13.0 Å². The van der Waals surface area contributed by atoms with Gasteiger partial charge in [-0.15, -0.1) is 0 Å². The zero-order valence-electron chi connectivity index (χ0n) is 13.8. The highest BCUT2D eigenvalue weighted by molar-refractivity contribution is 5.77. The van der Waals surface area contributed by atoms with Gasteiger partial charge in [-0.2, -0.15) is 13.2 Å². The van der Waals surface area contributed by atoms with Gasteiger partial charge in [0.25, 0.3) is 0 Å². The van der Waals surface area contributed by atoms with E-state index in [1.54, 1.807) is 13.0 Å². The number of alkyl halides is 3. The summed E-state index contributed by atoms with van der Waals surface area (Å²) in [6.45, 7) is 5.80. The lowest BCUT2D eigenvalue weighted by Gasteiger charge is -2.32. The van der Waals surface area contributed by atoms with E-state index in [1.807, 2.05) is 13.8 Å². The molecule has 1 aromatic rings. The molecule has 1 rings (SSSR count). The zero-order valence-corrected chi connectivity index (χ0v) is 13.8.